The Morgan fingerprint density at radius 3 is 1.87 bits per heavy atom. The second-order valence-corrected chi connectivity index (χ2v) is 17.0. The molecule has 3 atom stereocenters. The second-order valence-electron chi connectivity index (χ2n) is 13.5. The van der Waals surface area contributed by atoms with E-state index in [4.69, 9.17) is 14.2 Å². The topological polar surface area (TPSA) is 106 Å². The maximum atomic E-state index is 14.1. The van der Waals surface area contributed by atoms with Crippen LogP contribution in [0, 0.1) is 0 Å². The highest BCUT2D eigenvalue weighted by Crippen LogP contribution is 2.46. The molecule has 6 rings (SSSR count). The predicted octanol–water partition coefficient (Wildman–Crippen LogP) is 5.85. The van der Waals surface area contributed by atoms with Crippen molar-refractivity contribution < 1.29 is 33.5 Å². The summed E-state index contributed by atoms with van der Waals surface area (Å²) in [6.07, 6.45) is 7.05. The molecule has 1 unspecified atom stereocenters. The smallest absolute Gasteiger partial charge is 0.254 e. The average Bonchev–Trinajstić information content (AvgIpc) is 3.56. The number of methoxy groups -OCH3 is 1. The summed E-state index contributed by atoms with van der Waals surface area (Å²) in [5.41, 5.74) is 5.88. The highest BCUT2D eigenvalue weighted by Gasteiger charge is 2.37. The van der Waals surface area contributed by atoms with Crippen molar-refractivity contribution in [2.75, 3.05) is 51.9 Å². The zero-order valence-corrected chi connectivity index (χ0v) is 28.6. The molecule has 2 saturated heterocycles. The normalized spacial score (nSPS) is 21.8. The minimum atomic E-state index is -2.65. The van der Waals surface area contributed by atoms with Crippen LogP contribution in [0.4, 0.5) is 0 Å². The summed E-state index contributed by atoms with van der Waals surface area (Å²) in [5, 5.41) is 10.1. The molecule has 2 amide bonds. The third-order valence-electron chi connectivity index (χ3n) is 10.2. The molecule has 0 bridgehead atoms. The summed E-state index contributed by atoms with van der Waals surface area (Å²) in [6.45, 7) is 11.6. The number of hydrogen-bond acceptors (Lipinski definition) is 7. The van der Waals surface area contributed by atoms with Crippen LogP contribution < -0.4 is 14.2 Å². The fraction of sp³-hybridized carbons (Fsp3) is 0.514. The van der Waals surface area contributed by atoms with Crippen molar-refractivity contribution in [1.29, 1.82) is 0 Å². The number of aliphatic hydroxyl groups is 1. The van der Waals surface area contributed by atoms with Gasteiger partial charge in [0.15, 0.2) is 11.5 Å². The van der Waals surface area contributed by atoms with Gasteiger partial charge in [-0.1, -0.05) is 31.2 Å². The van der Waals surface area contributed by atoms with Crippen molar-refractivity contribution in [3.63, 3.8) is 0 Å². The number of nitrogens with zero attached hydrogens (tertiary/aromatic N) is 2. The monoisotopic (exact) mass is 662 g/mol. The van der Waals surface area contributed by atoms with Gasteiger partial charge < -0.3 is 33.7 Å². The Bertz CT molecular complexity index is 1520. The molecule has 4 aliphatic rings. The van der Waals surface area contributed by atoms with Crippen molar-refractivity contribution in [2.45, 2.75) is 70.6 Å². The summed E-state index contributed by atoms with van der Waals surface area (Å²) in [6, 6.07) is 7.69. The Labute approximate surface area is 277 Å². The van der Waals surface area contributed by atoms with Gasteiger partial charge in [0.05, 0.1) is 34.1 Å². The molecular formula is C37H47N2O7P. The van der Waals surface area contributed by atoms with E-state index < -0.39 is 7.14 Å². The highest BCUT2D eigenvalue weighted by atomic mass is 31.2. The molecule has 2 aromatic rings. The van der Waals surface area contributed by atoms with Crippen molar-refractivity contribution in [2.24, 2.45) is 0 Å². The number of ether oxygens (including phenoxy) is 3. The van der Waals surface area contributed by atoms with Gasteiger partial charge in [0.1, 0.15) is 5.75 Å². The zero-order chi connectivity index (χ0) is 33.3. The molecule has 2 aromatic carbocycles. The first-order chi connectivity index (χ1) is 22.6. The number of hydrogen-bond donors (Lipinski definition) is 1. The van der Waals surface area contributed by atoms with Crippen LogP contribution >= 0.6 is 7.14 Å². The largest absolute Gasteiger partial charge is 0.493 e. The molecule has 10 heteroatoms. The summed E-state index contributed by atoms with van der Waals surface area (Å²) in [5.74, 6) is 1.58. The van der Waals surface area contributed by atoms with Crippen molar-refractivity contribution in [1.82, 2.24) is 9.80 Å². The lowest BCUT2D eigenvalue weighted by molar-refractivity contribution is 0.0734. The van der Waals surface area contributed by atoms with Crippen molar-refractivity contribution >= 4 is 19.0 Å². The van der Waals surface area contributed by atoms with E-state index in [1.807, 2.05) is 28.9 Å². The number of amides is 2. The molecule has 4 heterocycles. The summed E-state index contributed by atoms with van der Waals surface area (Å²) >= 11 is 0. The number of fused-ring (bicyclic) bond motifs is 4. The predicted molar refractivity (Wildman–Crippen MR) is 183 cm³/mol. The molecule has 9 nitrogen and oxygen atoms in total. The fourth-order valence-corrected chi connectivity index (χ4v) is 10.0. The fourth-order valence-electron chi connectivity index (χ4n) is 7.70. The summed E-state index contributed by atoms with van der Waals surface area (Å²) in [7, 11) is -1.08. The number of aryl methyl sites for hydroxylation is 2. The van der Waals surface area contributed by atoms with Crippen LogP contribution in [0.1, 0.15) is 76.4 Å². The SMILES string of the molecule is C=C1C[C@H]2CCc3cc(OCCP(=O)(CCC)CCOc4cc5c(cc4OC)C(=O)N4CC(=C)C[C@H]4CC5)c(CO)cc3C(=O)N2C1. The maximum absolute atomic E-state index is 14.1. The molecule has 0 radical (unpaired) electrons. The quantitative estimate of drug-likeness (QED) is 0.225. The van der Waals surface area contributed by atoms with Gasteiger partial charge in [0, 0.05) is 60.3 Å². The Balaban J connectivity index is 1.10. The number of benzene rings is 2. The van der Waals surface area contributed by atoms with E-state index in [0.717, 1.165) is 67.2 Å². The number of aliphatic hydroxyl groups excluding tert-OH is 1. The average molecular weight is 663 g/mol. The van der Waals surface area contributed by atoms with E-state index in [2.05, 4.69) is 13.2 Å². The van der Waals surface area contributed by atoms with Crippen LogP contribution in [-0.2, 0) is 24.0 Å². The van der Waals surface area contributed by atoms with Crippen LogP contribution in [0.2, 0.25) is 0 Å². The van der Waals surface area contributed by atoms with E-state index in [0.29, 0.717) is 65.5 Å². The molecule has 0 saturated carbocycles. The molecule has 47 heavy (non-hydrogen) atoms. The van der Waals surface area contributed by atoms with Gasteiger partial charge in [-0.25, -0.2) is 0 Å². The first kappa shape index (κ1) is 33.4. The van der Waals surface area contributed by atoms with E-state index in [1.165, 1.54) is 0 Å². The Morgan fingerprint density at radius 2 is 1.34 bits per heavy atom. The molecule has 1 N–H and O–H groups in total. The lowest BCUT2D eigenvalue weighted by Gasteiger charge is -2.22. The van der Waals surface area contributed by atoms with Crippen LogP contribution in [0.15, 0.2) is 48.6 Å². The zero-order valence-electron chi connectivity index (χ0n) is 27.7. The lowest BCUT2D eigenvalue weighted by atomic mass is 9.98. The second kappa shape index (κ2) is 13.9. The van der Waals surface area contributed by atoms with Gasteiger partial charge in [-0.15, -0.1) is 0 Å². The van der Waals surface area contributed by atoms with Gasteiger partial charge in [-0.3, -0.25) is 9.59 Å². The standard InChI is InChI=1S/C37H47N2O7P/c1-5-12-47(43,13-10-45-33-18-26-6-8-29-15-24(2)21-38(29)36(41)31(26)17-28(33)23-40)14-11-46-35-19-27-7-9-30-16-25(3)22-39(30)37(42)32(27)20-34(35)44-4/h17-20,29-30,40H,2-3,5-16,21-23H2,1,4H3/t29-,30-,47?/m1/s1. The molecule has 4 aliphatic heterocycles. The van der Waals surface area contributed by atoms with E-state index in [9.17, 15) is 19.3 Å². The summed E-state index contributed by atoms with van der Waals surface area (Å²) < 4.78 is 32.1. The Kier molecular flexibility index (Phi) is 9.86. The first-order valence-electron chi connectivity index (χ1n) is 16.9. The highest BCUT2D eigenvalue weighted by molar-refractivity contribution is 7.63. The van der Waals surface area contributed by atoms with Gasteiger partial charge in [-0.05, 0) is 80.3 Å². The van der Waals surface area contributed by atoms with Crippen molar-refractivity contribution in [3.8, 4) is 17.2 Å². The third kappa shape index (κ3) is 6.88. The molecule has 0 spiro atoms. The van der Waals surface area contributed by atoms with E-state index >= 15 is 0 Å². The summed E-state index contributed by atoms with van der Waals surface area (Å²) in [4.78, 5) is 30.5. The lowest BCUT2D eigenvalue weighted by Crippen LogP contribution is -2.34. The third-order valence-corrected chi connectivity index (χ3v) is 13.4. The Morgan fingerprint density at radius 1 is 0.809 bits per heavy atom. The minimum Gasteiger partial charge on any atom is -0.493 e. The molecular weight excluding hydrogens is 615 g/mol. The maximum Gasteiger partial charge on any atom is 0.254 e. The number of rotatable bonds is 12. The van der Waals surface area contributed by atoms with Gasteiger partial charge >= 0.3 is 0 Å². The number of carbonyl (C=O) groups is 2. The Hall–Kier alpha value is -3.55. The van der Waals surface area contributed by atoms with Gasteiger partial charge in [0.2, 0.25) is 0 Å². The van der Waals surface area contributed by atoms with Crippen LogP contribution in [-0.4, -0.2) is 90.7 Å². The molecule has 0 aromatic heterocycles. The molecule has 252 valence electrons. The molecule has 2 fully saturated rings. The van der Waals surface area contributed by atoms with Crippen molar-refractivity contribution in [3.05, 3.63) is 76.4 Å². The number of carbonyl (C=O) groups excluding carboxylic acids is 2. The van der Waals surface area contributed by atoms with E-state index in [1.54, 1.807) is 19.2 Å². The van der Waals surface area contributed by atoms with Gasteiger partial charge in [-0.2, -0.15) is 0 Å². The van der Waals surface area contributed by atoms with E-state index in [-0.39, 0.29) is 43.7 Å². The van der Waals surface area contributed by atoms with Gasteiger partial charge in [0.25, 0.3) is 11.8 Å². The van der Waals surface area contributed by atoms with Crippen LogP contribution in [0.5, 0.6) is 17.2 Å². The molecule has 0 aliphatic carbocycles. The first-order valence-corrected chi connectivity index (χ1v) is 19.1. The minimum absolute atomic E-state index is 0.00973. The van der Waals surface area contributed by atoms with Crippen LogP contribution in [0.3, 0.4) is 0 Å². The van der Waals surface area contributed by atoms with Crippen LogP contribution in [0.25, 0.3) is 0 Å².